The smallest absolute Gasteiger partial charge is 0.161 e. The molecule has 1 N–H and O–H groups in total. The number of nitrogens with zero attached hydrogens (tertiary/aromatic N) is 1. The zero-order valence-corrected chi connectivity index (χ0v) is 14.8. The second-order valence-corrected chi connectivity index (χ2v) is 5.74. The van der Waals surface area contributed by atoms with Crippen molar-refractivity contribution in [2.45, 2.75) is 20.4 Å². The van der Waals surface area contributed by atoms with Crippen LogP contribution in [0.25, 0.3) is 0 Å². The number of phenolic OH excluding ortho intramolecular Hbond substituents is 1. The number of hydrogen-bond acceptors (Lipinski definition) is 4. The molecule has 0 atom stereocenters. The molecule has 0 aromatic heterocycles. The monoisotopic (exact) mass is 377 g/mol. The predicted octanol–water partition coefficient (Wildman–Crippen LogP) is 4.57. The molecule has 0 fully saturated rings. The molecule has 0 radical (unpaired) electrons. The Morgan fingerprint density at radius 3 is 2.52 bits per heavy atom. The molecule has 0 amide bonds. The quantitative estimate of drug-likeness (QED) is 0.718. The van der Waals surface area contributed by atoms with Crippen LogP contribution in [-0.2, 0) is 6.54 Å². The molecular formula is C18H20BrNO3. The van der Waals surface area contributed by atoms with Gasteiger partial charge in [-0.2, -0.15) is 0 Å². The standard InChI is InChI=1S/C18H20BrNO3/c1-3-22-17-8-5-13(9-18(17)23-4-2)11-20-12-14-10-15(19)6-7-16(14)21/h5-10,12,21H,3-4,11H2,1-2H3. The Balaban J connectivity index is 2.12. The van der Waals surface area contributed by atoms with Crippen molar-refractivity contribution in [3.63, 3.8) is 0 Å². The number of benzene rings is 2. The van der Waals surface area contributed by atoms with Crippen LogP contribution in [0.5, 0.6) is 17.2 Å². The summed E-state index contributed by atoms with van der Waals surface area (Å²) in [6, 6.07) is 11.0. The number of aromatic hydroxyl groups is 1. The Labute approximate surface area is 144 Å². The summed E-state index contributed by atoms with van der Waals surface area (Å²) in [7, 11) is 0. The van der Waals surface area contributed by atoms with Gasteiger partial charge in [-0.1, -0.05) is 22.0 Å². The maximum atomic E-state index is 9.79. The van der Waals surface area contributed by atoms with Gasteiger partial charge in [0.15, 0.2) is 11.5 Å². The van der Waals surface area contributed by atoms with Gasteiger partial charge in [-0.15, -0.1) is 0 Å². The molecule has 0 aliphatic carbocycles. The van der Waals surface area contributed by atoms with Crippen molar-refractivity contribution in [3.05, 3.63) is 52.0 Å². The Bertz CT molecular complexity index is 686. The molecule has 0 spiro atoms. The van der Waals surface area contributed by atoms with E-state index in [-0.39, 0.29) is 5.75 Å². The lowest BCUT2D eigenvalue weighted by molar-refractivity contribution is 0.287. The van der Waals surface area contributed by atoms with E-state index in [1.165, 1.54) is 0 Å². The summed E-state index contributed by atoms with van der Waals surface area (Å²) in [5.41, 5.74) is 1.69. The van der Waals surface area contributed by atoms with Crippen LogP contribution < -0.4 is 9.47 Å². The fourth-order valence-electron chi connectivity index (χ4n) is 2.07. The van der Waals surface area contributed by atoms with Gasteiger partial charge in [0.25, 0.3) is 0 Å². The van der Waals surface area contributed by atoms with E-state index in [4.69, 9.17) is 9.47 Å². The molecule has 5 heteroatoms. The molecule has 23 heavy (non-hydrogen) atoms. The van der Waals surface area contributed by atoms with E-state index in [1.54, 1.807) is 18.3 Å². The number of hydrogen-bond donors (Lipinski definition) is 1. The molecule has 2 rings (SSSR count). The van der Waals surface area contributed by atoms with Crippen LogP contribution in [-0.4, -0.2) is 24.5 Å². The average Bonchev–Trinajstić information content (AvgIpc) is 2.53. The lowest BCUT2D eigenvalue weighted by Crippen LogP contribution is -1.99. The number of aliphatic imine (C=N–C) groups is 1. The lowest BCUT2D eigenvalue weighted by atomic mass is 10.2. The minimum absolute atomic E-state index is 0.207. The number of phenols is 1. The van der Waals surface area contributed by atoms with Crippen LogP contribution in [0.3, 0.4) is 0 Å². The summed E-state index contributed by atoms with van der Waals surface area (Å²) in [5.74, 6) is 1.68. The molecule has 0 heterocycles. The molecule has 2 aromatic carbocycles. The highest BCUT2D eigenvalue weighted by atomic mass is 79.9. The van der Waals surface area contributed by atoms with E-state index in [9.17, 15) is 5.11 Å². The summed E-state index contributed by atoms with van der Waals surface area (Å²) in [4.78, 5) is 4.39. The first kappa shape index (κ1) is 17.3. The van der Waals surface area contributed by atoms with E-state index in [2.05, 4.69) is 20.9 Å². The van der Waals surface area contributed by atoms with Crippen molar-refractivity contribution in [2.75, 3.05) is 13.2 Å². The Morgan fingerprint density at radius 1 is 1.04 bits per heavy atom. The Kier molecular flexibility index (Phi) is 6.47. The van der Waals surface area contributed by atoms with E-state index < -0.39 is 0 Å². The van der Waals surface area contributed by atoms with Gasteiger partial charge >= 0.3 is 0 Å². The number of rotatable bonds is 7. The van der Waals surface area contributed by atoms with E-state index in [1.807, 2.05) is 38.1 Å². The third kappa shape index (κ3) is 4.99. The first-order valence-electron chi connectivity index (χ1n) is 7.51. The van der Waals surface area contributed by atoms with Crippen molar-refractivity contribution < 1.29 is 14.6 Å². The number of halogens is 1. The minimum Gasteiger partial charge on any atom is -0.507 e. The summed E-state index contributed by atoms with van der Waals surface area (Å²) in [6.45, 7) is 5.56. The minimum atomic E-state index is 0.207. The zero-order chi connectivity index (χ0) is 16.7. The summed E-state index contributed by atoms with van der Waals surface area (Å²) in [5, 5.41) is 9.79. The van der Waals surface area contributed by atoms with E-state index >= 15 is 0 Å². The van der Waals surface area contributed by atoms with Crippen molar-refractivity contribution in [1.29, 1.82) is 0 Å². The highest BCUT2D eigenvalue weighted by molar-refractivity contribution is 9.10. The molecule has 0 saturated carbocycles. The molecule has 0 aliphatic heterocycles. The van der Waals surface area contributed by atoms with Gasteiger partial charge in [0.1, 0.15) is 5.75 Å². The molecule has 2 aromatic rings. The Morgan fingerprint density at radius 2 is 1.78 bits per heavy atom. The Hall–Kier alpha value is -2.01. The second-order valence-electron chi connectivity index (χ2n) is 4.82. The van der Waals surface area contributed by atoms with Gasteiger partial charge in [0.2, 0.25) is 0 Å². The van der Waals surface area contributed by atoms with Gasteiger partial charge in [0.05, 0.1) is 19.8 Å². The lowest BCUT2D eigenvalue weighted by Gasteiger charge is -2.11. The van der Waals surface area contributed by atoms with Crippen molar-refractivity contribution in [3.8, 4) is 17.2 Å². The molecule has 122 valence electrons. The van der Waals surface area contributed by atoms with Gasteiger partial charge < -0.3 is 14.6 Å². The normalized spacial score (nSPS) is 10.9. The second kappa shape index (κ2) is 8.58. The van der Waals surface area contributed by atoms with Crippen molar-refractivity contribution in [2.24, 2.45) is 4.99 Å². The molecule has 0 saturated heterocycles. The average molecular weight is 378 g/mol. The largest absolute Gasteiger partial charge is 0.507 e. The molecule has 4 nitrogen and oxygen atoms in total. The molecular weight excluding hydrogens is 358 g/mol. The van der Waals surface area contributed by atoms with Gasteiger partial charge in [-0.05, 0) is 49.7 Å². The highest BCUT2D eigenvalue weighted by Crippen LogP contribution is 2.29. The van der Waals surface area contributed by atoms with Crippen molar-refractivity contribution in [1.82, 2.24) is 0 Å². The van der Waals surface area contributed by atoms with Gasteiger partial charge in [0, 0.05) is 16.3 Å². The maximum absolute atomic E-state index is 9.79. The van der Waals surface area contributed by atoms with E-state index in [0.717, 1.165) is 21.5 Å². The maximum Gasteiger partial charge on any atom is 0.161 e. The van der Waals surface area contributed by atoms with Crippen LogP contribution in [0.2, 0.25) is 0 Å². The highest BCUT2D eigenvalue weighted by Gasteiger charge is 2.06. The summed E-state index contributed by atoms with van der Waals surface area (Å²) >= 11 is 3.38. The summed E-state index contributed by atoms with van der Waals surface area (Å²) < 4.78 is 12.1. The van der Waals surface area contributed by atoms with Gasteiger partial charge in [-0.25, -0.2) is 0 Å². The van der Waals surface area contributed by atoms with Crippen LogP contribution in [0.15, 0.2) is 45.9 Å². The molecule has 0 bridgehead atoms. The first-order valence-corrected chi connectivity index (χ1v) is 8.30. The van der Waals surface area contributed by atoms with Crippen LogP contribution in [0.4, 0.5) is 0 Å². The van der Waals surface area contributed by atoms with Gasteiger partial charge in [-0.3, -0.25) is 4.99 Å². The third-order valence-electron chi connectivity index (χ3n) is 3.10. The molecule has 0 unspecified atom stereocenters. The first-order chi connectivity index (χ1) is 11.1. The fourth-order valence-corrected chi connectivity index (χ4v) is 2.45. The van der Waals surface area contributed by atoms with Crippen LogP contribution in [0, 0.1) is 0 Å². The topological polar surface area (TPSA) is 51.0 Å². The van der Waals surface area contributed by atoms with E-state index in [0.29, 0.717) is 25.3 Å². The fraction of sp³-hybridized carbons (Fsp3) is 0.278. The van der Waals surface area contributed by atoms with Crippen molar-refractivity contribution >= 4 is 22.1 Å². The SMILES string of the molecule is CCOc1ccc(CN=Cc2cc(Br)ccc2O)cc1OCC. The predicted molar refractivity (Wildman–Crippen MR) is 95.9 cm³/mol. The van der Waals surface area contributed by atoms with Crippen LogP contribution in [0.1, 0.15) is 25.0 Å². The zero-order valence-electron chi connectivity index (χ0n) is 13.3. The molecule has 0 aliphatic rings. The number of ether oxygens (including phenoxy) is 2. The summed E-state index contributed by atoms with van der Waals surface area (Å²) in [6.07, 6.45) is 1.66. The third-order valence-corrected chi connectivity index (χ3v) is 3.59. The van der Waals surface area contributed by atoms with Crippen LogP contribution >= 0.6 is 15.9 Å².